The predicted molar refractivity (Wildman–Crippen MR) is 60.3 cm³/mol. The van der Waals surface area contributed by atoms with Crippen LogP contribution in [0.15, 0.2) is 22.4 Å². The normalized spacial score (nSPS) is 10.9. The third-order valence-electron chi connectivity index (χ3n) is 1.92. The largest absolute Gasteiger partial charge is 0.506 e. The van der Waals surface area contributed by atoms with Gasteiger partial charge in [-0.1, -0.05) is 12.1 Å². The van der Waals surface area contributed by atoms with Crippen molar-refractivity contribution in [1.29, 1.82) is 0 Å². The highest BCUT2D eigenvalue weighted by molar-refractivity contribution is 7.80. The van der Waals surface area contributed by atoms with Crippen molar-refractivity contribution in [1.82, 2.24) is 0 Å². The van der Waals surface area contributed by atoms with Crippen LogP contribution < -0.4 is 0 Å². The third kappa shape index (κ3) is 1.41. The fourth-order valence-electron chi connectivity index (χ4n) is 1.22. The second kappa shape index (κ2) is 3.40. The van der Waals surface area contributed by atoms with Crippen LogP contribution in [0.25, 0.3) is 10.1 Å². The Kier molecular flexibility index (Phi) is 2.41. The van der Waals surface area contributed by atoms with Crippen LogP contribution >= 0.6 is 35.6 Å². The highest BCUT2D eigenvalue weighted by Crippen LogP contribution is 2.37. The van der Waals surface area contributed by atoms with Gasteiger partial charge in [0.1, 0.15) is 5.75 Å². The third-order valence-corrected chi connectivity index (χ3v) is 3.76. The van der Waals surface area contributed by atoms with E-state index >= 15 is 0 Å². The molecule has 0 fully saturated rings. The summed E-state index contributed by atoms with van der Waals surface area (Å²) < 4.78 is 0.864. The maximum absolute atomic E-state index is 9.75. The number of phenols is 1. The standard InChI is InChI=1S/C9H7ClOS2/c10-3-5-1-2-6-7(12)4-13-9(6)8(5)11/h1-2,4,11-12H,3H2. The molecule has 0 aliphatic heterocycles. The summed E-state index contributed by atoms with van der Waals surface area (Å²) in [6.45, 7) is 0. The smallest absolute Gasteiger partial charge is 0.137 e. The molecule has 1 N–H and O–H groups in total. The first-order chi connectivity index (χ1) is 6.24. The Morgan fingerprint density at radius 1 is 1.46 bits per heavy atom. The van der Waals surface area contributed by atoms with E-state index < -0.39 is 0 Å². The summed E-state index contributed by atoms with van der Waals surface area (Å²) in [5.74, 6) is 0.625. The number of aromatic hydroxyl groups is 1. The van der Waals surface area contributed by atoms with Gasteiger partial charge in [-0.15, -0.1) is 35.6 Å². The van der Waals surface area contributed by atoms with E-state index in [9.17, 15) is 5.11 Å². The quantitative estimate of drug-likeness (QED) is 0.566. The molecule has 13 heavy (non-hydrogen) atoms. The SMILES string of the molecule is Oc1c(CCl)ccc2c(S)csc12. The van der Waals surface area contributed by atoms with E-state index in [-0.39, 0.29) is 5.75 Å². The highest BCUT2D eigenvalue weighted by atomic mass is 35.5. The predicted octanol–water partition coefficient (Wildman–Crippen LogP) is 3.63. The van der Waals surface area contributed by atoms with Gasteiger partial charge in [-0.3, -0.25) is 0 Å². The summed E-state index contributed by atoms with van der Waals surface area (Å²) >= 11 is 11.4. The molecule has 2 rings (SSSR count). The molecule has 0 radical (unpaired) electrons. The number of hydrogen-bond acceptors (Lipinski definition) is 3. The minimum absolute atomic E-state index is 0.290. The van der Waals surface area contributed by atoms with Crippen molar-refractivity contribution in [2.45, 2.75) is 10.8 Å². The van der Waals surface area contributed by atoms with E-state index in [0.717, 1.165) is 20.5 Å². The van der Waals surface area contributed by atoms with Gasteiger partial charge in [-0.25, -0.2) is 0 Å². The summed E-state index contributed by atoms with van der Waals surface area (Å²) in [5.41, 5.74) is 0.768. The number of phenolic OH excluding ortho intramolecular Hbond substituents is 1. The molecule has 0 amide bonds. The van der Waals surface area contributed by atoms with Crippen molar-refractivity contribution >= 4 is 45.7 Å². The molecule has 0 bridgehead atoms. The molecule has 0 saturated heterocycles. The first-order valence-corrected chi connectivity index (χ1v) is 5.57. The van der Waals surface area contributed by atoms with E-state index in [4.69, 9.17) is 11.6 Å². The van der Waals surface area contributed by atoms with Crippen LogP contribution in [0.5, 0.6) is 5.75 Å². The first-order valence-electron chi connectivity index (χ1n) is 3.71. The molecule has 2 aromatic rings. The molecular formula is C9H7ClOS2. The van der Waals surface area contributed by atoms with Gasteiger partial charge in [-0.2, -0.15) is 0 Å². The molecule has 1 nitrogen and oxygen atoms in total. The number of halogens is 1. The lowest BCUT2D eigenvalue weighted by molar-refractivity contribution is 0.478. The summed E-state index contributed by atoms with van der Waals surface area (Å²) in [4.78, 5) is 0.899. The van der Waals surface area contributed by atoms with Crippen molar-refractivity contribution in [2.75, 3.05) is 0 Å². The Morgan fingerprint density at radius 3 is 2.92 bits per heavy atom. The average molecular weight is 231 g/mol. The molecule has 0 aliphatic rings. The molecular weight excluding hydrogens is 224 g/mol. The van der Waals surface area contributed by atoms with Crippen LogP contribution in [0.1, 0.15) is 5.56 Å². The lowest BCUT2D eigenvalue weighted by atomic mass is 10.2. The summed E-state index contributed by atoms with van der Waals surface area (Å²) in [5, 5.41) is 12.6. The molecule has 4 heteroatoms. The van der Waals surface area contributed by atoms with E-state index in [1.54, 1.807) is 0 Å². The molecule has 0 spiro atoms. The maximum Gasteiger partial charge on any atom is 0.137 e. The Labute approximate surface area is 90.4 Å². The Balaban J connectivity index is 2.80. The van der Waals surface area contributed by atoms with E-state index in [1.165, 1.54) is 11.3 Å². The van der Waals surface area contributed by atoms with Crippen LogP contribution in [0.2, 0.25) is 0 Å². The van der Waals surface area contributed by atoms with Gasteiger partial charge >= 0.3 is 0 Å². The Morgan fingerprint density at radius 2 is 2.23 bits per heavy atom. The fraction of sp³-hybridized carbons (Fsp3) is 0.111. The van der Waals surface area contributed by atoms with Gasteiger partial charge < -0.3 is 5.11 Å². The number of benzene rings is 1. The number of rotatable bonds is 1. The van der Waals surface area contributed by atoms with E-state index in [0.29, 0.717) is 5.88 Å². The number of thiol groups is 1. The van der Waals surface area contributed by atoms with Crippen LogP contribution in [0, 0.1) is 0 Å². The number of alkyl halides is 1. The highest BCUT2D eigenvalue weighted by Gasteiger charge is 2.08. The average Bonchev–Trinajstić information content (AvgIpc) is 2.50. The van der Waals surface area contributed by atoms with Crippen LogP contribution in [-0.4, -0.2) is 5.11 Å². The fourth-order valence-corrected chi connectivity index (χ4v) is 2.76. The Hall–Kier alpha value is -0.380. The van der Waals surface area contributed by atoms with Crippen molar-refractivity contribution in [3.8, 4) is 5.75 Å². The van der Waals surface area contributed by atoms with Crippen molar-refractivity contribution in [2.24, 2.45) is 0 Å². The van der Waals surface area contributed by atoms with E-state index in [2.05, 4.69) is 12.6 Å². The molecule has 0 saturated carbocycles. The second-order valence-electron chi connectivity index (χ2n) is 2.70. The summed E-state index contributed by atoms with van der Waals surface area (Å²) in [6.07, 6.45) is 0. The molecule has 0 aliphatic carbocycles. The second-order valence-corrected chi connectivity index (χ2v) is 4.33. The lowest BCUT2D eigenvalue weighted by Gasteiger charge is -2.01. The molecule has 68 valence electrons. The van der Waals surface area contributed by atoms with Crippen molar-refractivity contribution in [3.63, 3.8) is 0 Å². The van der Waals surface area contributed by atoms with Gasteiger partial charge in [-0.05, 0) is 0 Å². The number of fused-ring (bicyclic) bond motifs is 1. The van der Waals surface area contributed by atoms with Gasteiger partial charge in [0.05, 0.1) is 10.6 Å². The molecule has 1 aromatic heterocycles. The number of hydrogen-bond donors (Lipinski definition) is 2. The van der Waals surface area contributed by atoms with Crippen molar-refractivity contribution < 1.29 is 5.11 Å². The zero-order chi connectivity index (χ0) is 9.42. The van der Waals surface area contributed by atoms with Gasteiger partial charge in [0.2, 0.25) is 0 Å². The minimum atomic E-state index is 0.290. The van der Waals surface area contributed by atoms with E-state index in [1.807, 2.05) is 17.5 Å². The molecule has 0 unspecified atom stereocenters. The van der Waals surface area contributed by atoms with Crippen LogP contribution in [-0.2, 0) is 5.88 Å². The lowest BCUT2D eigenvalue weighted by Crippen LogP contribution is -1.78. The molecule has 0 atom stereocenters. The minimum Gasteiger partial charge on any atom is -0.506 e. The first kappa shape index (κ1) is 9.19. The zero-order valence-electron chi connectivity index (χ0n) is 6.62. The van der Waals surface area contributed by atoms with Gasteiger partial charge in [0.15, 0.2) is 0 Å². The van der Waals surface area contributed by atoms with Gasteiger partial charge in [0, 0.05) is 21.2 Å². The topological polar surface area (TPSA) is 20.2 Å². The molecule has 1 aromatic carbocycles. The summed E-state index contributed by atoms with van der Waals surface area (Å²) in [6, 6.07) is 3.77. The van der Waals surface area contributed by atoms with Gasteiger partial charge in [0.25, 0.3) is 0 Å². The monoisotopic (exact) mass is 230 g/mol. The summed E-state index contributed by atoms with van der Waals surface area (Å²) in [7, 11) is 0. The zero-order valence-corrected chi connectivity index (χ0v) is 9.09. The molecule has 1 heterocycles. The Bertz CT molecular complexity index is 450. The number of thiophene rings is 1. The van der Waals surface area contributed by atoms with Crippen molar-refractivity contribution in [3.05, 3.63) is 23.1 Å². The van der Waals surface area contributed by atoms with Crippen LogP contribution in [0.3, 0.4) is 0 Å². The maximum atomic E-state index is 9.75. The van der Waals surface area contributed by atoms with Crippen LogP contribution in [0.4, 0.5) is 0 Å².